The zero-order valence-corrected chi connectivity index (χ0v) is 53.7. The minimum atomic E-state index is -0.954. The van der Waals surface area contributed by atoms with Crippen molar-refractivity contribution in [3.05, 3.63) is 0 Å². The van der Waals surface area contributed by atoms with Gasteiger partial charge in [0.1, 0.15) is 73.2 Å². The number of rotatable bonds is 40. The number of unbranched alkanes of at least 4 members (excludes halogenated alkanes) is 14. The maximum Gasteiger partial charge on any atom is 0.303 e. The zero-order valence-electron chi connectivity index (χ0n) is 53.7. The Kier molecular flexibility index (Phi) is 152. The molecular formula is C54H132O38. The van der Waals surface area contributed by atoms with Crippen LogP contribution in [-0.4, -0.2) is 427 Å². The lowest BCUT2D eigenvalue weighted by atomic mass is 10.0. The van der Waals surface area contributed by atoms with Gasteiger partial charge in [0.15, 0.2) is 0 Å². The summed E-state index contributed by atoms with van der Waals surface area (Å²) >= 11 is 0. The van der Waals surface area contributed by atoms with Crippen molar-refractivity contribution in [1.29, 1.82) is 0 Å². The first-order valence-corrected chi connectivity index (χ1v) is 29.5. The lowest BCUT2D eigenvalue weighted by molar-refractivity contribution is -0.137. The summed E-state index contributed by atoms with van der Waals surface area (Å²) < 4.78 is 0. The van der Waals surface area contributed by atoms with E-state index in [2.05, 4.69) is 6.92 Å². The summed E-state index contributed by atoms with van der Waals surface area (Å²) in [6.45, 7) is -6.48. The highest BCUT2D eigenvalue weighted by Crippen LogP contribution is 2.13. The van der Waals surface area contributed by atoms with Crippen LogP contribution in [0, 0.1) is 0 Å². The lowest BCUT2D eigenvalue weighted by Crippen LogP contribution is -2.15. The van der Waals surface area contributed by atoms with Crippen LogP contribution < -0.4 is 0 Å². The Bertz CT molecular complexity index is 866. The molecule has 37 N–H and O–H groups in total. The number of aliphatic hydroxyl groups excluding tert-OH is 36. The number of carboxylic acid groups (broad SMARTS) is 1. The fraction of sp³-hybridized carbons (Fsp3) is 0.981. The molecular weight excluding hydrogens is 1260 g/mol. The highest BCUT2D eigenvalue weighted by atomic mass is 16.4. The Hall–Kier alpha value is -1.97. The number of aliphatic carboxylic acids is 1. The van der Waals surface area contributed by atoms with E-state index in [1.807, 2.05) is 0 Å². The van der Waals surface area contributed by atoms with Gasteiger partial charge in [-0.2, -0.15) is 0 Å². The number of aliphatic hydroxyl groups is 36. The topological polar surface area (TPSA) is 766 Å². The second-order valence-corrected chi connectivity index (χ2v) is 18.3. The highest BCUT2D eigenvalue weighted by molar-refractivity contribution is 5.66. The summed E-state index contributed by atoms with van der Waals surface area (Å²) in [5, 5.41) is 297. The molecule has 576 valence electrons. The van der Waals surface area contributed by atoms with Crippen LogP contribution in [-0.2, 0) is 4.79 Å². The van der Waals surface area contributed by atoms with Gasteiger partial charge in [-0.1, -0.05) is 96.8 Å². The Morgan fingerprint density at radius 3 is 0.337 bits per heavy atom. The number of hydrogen-bond acceptors (Lipinski definition) is 37. The highest BCUT2D eigenvalue weighted by Gasteiger charge is 2.01. The van der Waals surface area contributed by atoms with Gasteiger partial charge in [-0.25, -0.2) is 0 Å². The van der Waals surface area contributed by atoms with Crippen LogP contribution in [0.25, 0.3) is 0 Å². The Morgan fingerprint density at radius 1 is 0.185 bits per heavy atom. The predicted molar refractivity (Wildman–Crippen MR) is 329 cm³/mol. The predicted octanol–water partition coefficient (Wildman–Crippen LogP) is -13.7. The molecule has 0 saturated heterocycles. The van der Waals surface area contributed by atoms with Crippen LogP contribution in [0.2, 0.25) is 0 Å². The van der Waals surface area contributed by atoms with Crippen LogP contribution in [0.4, 0.5) is 0 Å². The van der Waals surface area contributed by atoms with E-state index in [0.29, 0.717) is 6.42 Å². The molecule has 0 bridgehead atoms. The van der Waals surface area contributed by atoms with Gasteiger partial charge >= 0.3 is 5.97 Å². The maximum atomic E-state index is 10.3. The van der Waals surface area contributed by atoms with E-state index < -0.39 is 79.2 Å². The van der Waals surface area contributed by atoms with Gasteiger partial charge in [0, 0.05) is 6.42 Å². The molecule has 38 nitrogen and oxygen atoms in total. The molecule has 0 heterocycles. The Labute approximate surface area is 540 Å². The van der Waals surface area contributed by atoms with E-state index in [4.69, 9.17) is 189 Å². The Morgan fingerprint density at radius 2 is 0.272 bits per heavy atom. The molecule has 0 aliphatic carbocycles. The van der Waals surface area contributed by atoms with E-state index in [9.17, 15) is 4.79 Å². The van der Waals surface area contributed by atoms with Crippen molar-refractivity contribution in [2.45, 2.75) is 183 Å². The van der Waals surface area contributed by atoms with Gasteiger partial charge in [-0.05, 0) is 6.42 Å². The first-order valence-electron chi connectivity index (χ1n) is 29.5. The standard InChI is InChI=1S/C18H36O2.12C3H8O3/c1-2-3-4-5-6-7-8-9-10-11-12-13-14-15-16-17-18(19)20;12*4-1-3(6)2-5/h2-17H2,1H3,(H,19,20);12*3-6H,1-2H2. The van der Waals surface area contributed by atoms with Crippen LogP contribution in [0.5, 0.6) is 0 Å². The molecule has 38 heteroatoms. The van der Waals surface area contributed by atoms with E-state index in [-0.39, 0.29) is 159 Å². The molecule has 0 fully saturated rings. The first kappa shape index (κ1) is 120. The molecule has 0 spiro atoms. The number of carboxylic acids is 1. The number of carbonyl (C=O) groups is 1. The summed E-state index contributed by atoms with van der Waals surface area (Å²) in [6.07, 6.45) is 8.75. The van der Waals surface area contributed by atoms with Crippen molar-refractivity contribution in [3.63, 3.8) is 0 Å². The lowest BCUT2D eigenvalue weighted by Gasteiger charge is -2.03. The van der Waals surface area contributed by atoms with Crippen LogP contribution in [0.1, 0.15) is 110 Å². The summed E-state index contributed by atoms with van der Waals surface area (Å²) in [4.78, 5) is 10.3. The average molecular weight is 1390 g/mol. The third kappa shape index (κ3) is 168. The molecule has 92 heavy (non-hydrogen) atoms. The fourth-order valence-electron chi connectivity index (χ4n) is 3.34. The largest absolute Gasteiger partial charge is 0.481 e. The molecule has 0 rings (SSSR count). The van der Waals surface area contributed by atoms with Gasteiger partial charge in [0.05, 0.1) is 159 Å². The summed E-state index contributed by atoms with van der Waals surface area (Å²) in [7, 11) is 0. The molecule has 0 aromatic rings. The monoisotopic (exact) mass is 1390 g/mol. The third-order valence-corrected chi connectivity index (χ3v) is 9.05. The van der Waals surface area contributed by atoms with Gasteiger partial charge in [0.25, 0.3) is 0 Å². The fourth-order valence-corrected chi connectivity index (χ4v) is 3.34. The molecule has 0 aliphatic heterocycles. The second kappa shape index (κ2) is 116. The van der Waals surface area contributed by atoms with E-state index in [1.54, 1.807) is 0 Å². The van der Waals surface area contributed by atoms with E-state index >= 15 is 0 Å². The van der Waals surface area contributed by atoms with E-state index in [0.717, 1.165) is 12.8 Å². The van der Waals surface area contributed by atoms with Crippen LogP contribution >= 0.6 is 0 Å². The molecule has 0 aliphatic rings. The summed E-state index contributed by atoms with van der Waals surface area (Å²) in [5.74, 6) is -0.653. The second-order valence-electron chi connectivity index (χ2n) is 18.3. The van der Waals surface area contributed by atoms with Crippen LogP contribution in [0.3, 0.4) is 0 Å². The molecule has 0 radical (unpaired) electrons. The molecule has 0 amide bonds. The van der Waals surface area contributed by atoms with Crippen molar-refractivity contribution in [1.82, 2.24) is 0 Å². The summed E-state index contributed by atoms with van der Waals surface area (Å²) in [6, 6.07) is 0. The minimum absolute atomic E-state index is 0.345. The van der Waals surface area contributed by atoms with Crippen molar-refractivity contribution < 1.29 is 194 Å². The zero-order chi connectivity index (χ0) is 74.8. The minimum Gasteiger partial charge on any atom is -0.481 e. The van der Waals surface area contributed by atoms with Crippen molar-refractivity contribution >= 4 is 5.97 Å². The van der Waals surface area contributed by atoms with Crippen LogP contribution in [0.15, 0.2) is 0 Å². The Balaban J connectivity index is -0.0000000691. The van der Waals surface area contributed by atoms with Gasteiger partial charge in [-0.15, -0.1) is 0 Å². The third-order valence-electron chi connectivity index (χ3n) is 9.05. The van der Waals surface area contributed by atoms with Crippen molar-refractivity contribution in [2.75, 3.05) is 159 Å². The molecule has 0 aromatic carbocycles. The van der Waals surface area contributed by atoms with E-state index in [1.165, 1.54) is 83.5 Å². The molecule has 0 unspecified atom stereocenters. The van der Waals surface area contributed by atoms with Gasteiger partial charge in [-0.3, -0.25) is 4.79 Å². The molecule has 0 saturated carbocycles. The first-order chi connectivity index (χ1) is 43.5. The average Bonchev–Trinajstić information content (AvgIpc) is 3.61. The maximum absolute atomic E-state index is 10.3. The smallest absolute Gasteiger partial charge is 0.303 e. The number of hydrogen-bond donors (Lipinski definition) is 37. The quantitative estimate of drug-likeness (QED) is 0.0253. The van der Waals surface area contributed by atoms with Crippen molar-refractivity contribution in [3.8, 4) is 0 Å². The molecule has 0 atom stereocenters. The van der Waals surface area contributed by atoms with Crippen molar-refractivity contribution in [2.24, 2.45) is 0 Å². The normalized spacial score (nSPS) is 10.2. The molecule has 0 aromatic heterocycles. The summed E-state index contributed by atoms with van der Waals surface area (Å²) in [5.41, 5.74) is 0. The van der Waals surface area contributed by atoms with Gasteiger partial charge < -0.3 is 189 Å². The SMILES string of the molecule is CCCCCCCCCCCCCCCCCC(=O)O.OCC(O)CO.OCC(O)CO.OCC(O)CO.OCC(O)CO.OCC(O)CO.OCC(O)CO.OCC(O)CO.OCC(O)CO.OCC(O)CO.OCC(O)CO.OCC(O)CO.OCC(O)CO. The van der Waals surface area contributed by atoms with Gasteiger partial charge in [0.2, 0.25) is 0 Å².